The van der Waals surface area contributed by atoms with Gasteiger partial charge in [0.1, 0.15) is 11.8 Å². The van der Waals surface area contributed by atoms with Gasteiger partial charge in [0.2, 0.25) is 11.8 Å². The van der Waals surface area contributed by atoms with Crippen LogP contribution < -0.4 is 15.4 Å². The average molecular weight is 555 g/mol. The lowest BCUT2D eigenvalue weighted by Gasteiger charge is -2.35. The average Bonchev–Trinajstić information content (AvgIpc) is 3.66. The van der Waals surface area contributed by atoms with Gasteiger partial charge in [-0.25, -0.2) is 0 Å². The molecule has 2 aliphatic carbocycles. The summed E-state index contributed by atoms with van der Waals surface area (Å²) < 4.78 is 7.36. The lowest BCUT2D eigenvalue weighted by Crippen LogP contribution is -2.54. The Balaban J connectivity index is 0.983. The van der Waals surface area contributed by atoms with E-state index in [1.807, 2.05) is 12.1 Å². The molecule has 3 aromatic rings. The number of methoxy groups -OCH3 is 1. The van der Waals surface area contributed by atoms with Gasteiger partial charge in [-0.2, -0.15) is 5.10 Å². The van der Waals surface area contributed by atoms with Gasteiger partial charge in [0.05, 0.1) is 41.9 Å². The van der Waals surface area contributed by atoms with E-state index in [2.05, 4.69) is 26.5 Å². The van der Waals surface area contributed by atoms with Crippen molar-refractivity contribution in [1.29, 1.82) is 0 Å². The molecule has 11 heteroatoms. The van der Waals surface area contributed by atoms with Crippen LogP contribution in [0.1, 0.15) is 76.9 Å². The van der Waals surface area contributed by atoms with E-state index in [-0.39, 0.29) is 24.0 Å². The van der Waals surface area contributed by atoms with Crippen molar-refractivity contribution in [1.82, 2.24) is 25.0 Å². The van der Waals surface area contributed by atoms with E-state index in [4.69, 9.17) is 9.84 Å². The molecule has 210 valence electrons. The van der Waals surface area contributed by atoms with E-state index < -0.39 is 29.7 Å². The van der Waals surface area contributed by atoms with Crippen LogP contribution in [0, 0.1) is 5.92 Å². The monoisotopic (exact) mass is 554 g/mol. The maximum atomic E-state index is 13.1. The third-order valence-corrected chi connectivity index (χ3v) is 8.59. The van der Waals surface area contributed by atoms with Crippen LogP contribution in [0.4, 0.5) is 5.69 Å². The van der Waals surface area contributed by atoms with Crippen molar-refractivity contribution < 1.29 is 23.9 Å². The van der Waals surface area contributed by atoms with Crippen LogP contribution in [-0.2, 0) is 9.59 Å². The van der Waals surface area contributed by atoms with Crippen LogP contribution in [0.2, 0.25) is 0 Å². The Bertz CT molecular complexity index is 1570. The fourth-order valence-corrected chi connectivity index (χ4v) is 6.03. The molecule has 1 aromatic carbocycles. The zero-order valence-corrected chi connectivity index (χ0v) is 22.6. The first kappa shape index (κ1) is 25.4. The van der Waals surface area contributed by atoms with E-state index in [9.17, 15) is 19.2 Å². The normalized spacial score (nSPS) is 23.7. The number of rotatable bonds is 8. The molecule has 2 N–H and O–H groups in total. The van der Waals surface area contributed by atoms with Crippen molar-refractivity contribution in [3.63, 3.8) is 0 Å². The lowest BCUT2D eigenvalue weighted by molar-refractivity contribution is -0.136. The summed E-state index contributed by atoms with van der Waals surface area (Å²) in [6.45, 7) is 0.734. The van der Waals surface area contributed by atoms with Crippen molar-refractivity contribution in [2.75, 3.05) is 19.0 Å². The number of ether oxygens (including phenoxy) is 1. The van der Waals surface area contributed by atoms with E-state index in [0.29, 0.717) is 17.9 Å². The number of hydrogen-bond donors (Lipinski definition) is 2. The Morgan fingerprint density at radius 3 is 2.51 bits per heavy atom. The second-order valence-electron chi connectivity index (χ2n) is 11.3. The molecule has 7 rings (SSSR count). The van der Waals surface area contributed by atoms with Gasteiger partial charge in [-0.05, 0) is 68.4 Å². The van der Waals surface area contributed by atoms with E-state index in [0.717, 1.165) is 65.5 Å². The zero-order chi connectivity index (χ0) is 28.2. The summed E-state index contributed by atoms with van der Waals surface area (Å²) in [4.78, 5) is 55.4. The van der Waals surface area contributed by atoms with E-state index in [1.165, 1.54) is 0 Å². The zero-order valence-electron chi connectivity index (χ0n) is 22.6. The molecular weight excluding hydrogens is 524 g/mol. The van der Waals surface area contributed by atoms with Crippen molar-refractivity contribution in [2.45, 2.75) is 56.5 Å². The minimum absolute atomic E-state index is 0.0963. The Morgan fingerprint density at radius 2 is 1.80 bits per heavy atom. The molecule has 4 heterocycles. The van der Waals surface area contributed by atoms with E-state index >= 15 is 0 Å². The van der Waals surface area contributed by atoms with Gasteiger partial charge < -0.3 is 10.1 Å². The highest BCUT2D eigenvalue weighted by molar-refractivity contribution is 6.23. The number of fused-ring (bicyclic) bond motifs is 1. The summed E-state index contributed by atoms with van der Waals surface area (Å²) in [5.41, 5.74) is 4.45. The molecule has 1 atom stereocenters. The summed E-state index contributed by atoms with van der Waals surface area (Å²) in [5.74, 6) is -0.314. The number of carbonyl (C=O) groups excluding carboxylic acids is 4. The molecule has 4 aliphatic rings. The third kappa shape index (κ3) is 4.55. The van der Waals surface area contributed by atoms with Crippen molar-refractivity contribution in [2.24, 2.45) is 5.92 Å². The second kappa shape index (κ2) is 9.83. The fourth-order valence-electron chi connectivity index (χ4n) is 6.03. The number of anilines is 1. The number of imide groups is 2. The molecule has 2 saturated carbocycles. The number of piperidine rings is 1. The fraction of sp³-hybridized carbons (Fsp3) is 0.400. The first-order valence-electron chi connectivity index (χ1n) is 14.1. The number of pyridine rings is 1. The molecule has 3 fully saturated rings. The molecule has 2 aromatic heterocycles. The quantitative estimate of drug-likeness (QED) is 0.405. The molecule has 0 bridgehead atoms. The summed E-state index contributed by atoms with van der Waals surface area (Å²) in [5, 5.41) is 10.6. The smallest absolute Gasteiger partial charge is 0.262 e. The second-order valence-corrected chi connectivity index (χ2v) is 11.3. The predicted molar refractivity (Wildman–Crippen MR) is 147 cm³/mol. The molecule has 0 radical (unpaired) electrons. The number of carbonyl (C=O) groups is 4. The number of benzene rings is 1. The van der Waals surface area contributed by atoms with Gasteiger partial charge in [0.25, 0.3) is 11.8 Å². The summed E-state index contributed by atoms with van der Waals surface area (Å²) in [6.07, 6.45) is 8.41. The number of nitrogens with zero attached hydrogens (tertiary/aromatic N) is 4. The highest BCUT2D eigenvalue weighted by atomic mass is 16.5. The van der Waals surface area contributed by atoms with E-state index in [1.54, 1.807) is 31.5 Å². The first-order valence-corrected chi connectivity index (χ1v) is 14.1. The maximum absolute atomic E-state index is 13.1. The van der Waals surface area contributed by atoms with Gasteiger partial charge in [-0.3, -0.25) is 39.1 Å². The number of amides is 4. The molecule has 41 heavy (non-hydrogen) atoms. The first-order chi connectivity index (χ1) is 19.9. The maximum Gasteiger partial charge on any atom is 0.262 e. The Hall–Kier alpha value is -4.54. The Morgan fingerprint density at radius 1 is 1.00 bits per heavy atom. The SMILES string of the molecule is COc1ccc(-c2cn([C@H]3C[C@H](CNc4ccc5c(c4)C(=O)N(C4CCC(=O)NC4=O)C5=O)C3)nc2C2CC2)nc1. The molecule has 1 saturated heterocycles. The van der Waals surface area contributed by atoms with Crippen LogP contribution in [-0.4, -0.2) is 63.0 Å². The van der Waals surface area contributed by atoms with Gasteiger partial charge in [0.15, 0.2) is 0 Å². The summed E-state index contributed by atoms with van der Waals surface area (Å²) in [6, 6.07) is 8.37. The van der Waals surface area contributed by atoms with Crippen LogP contribution >= 0.6 is 0 Å². The molecule has 4 amide bonds. The number of nitrogens with one attached hydrogen (secondary N) is 2. The lowest BCUT2D eigenvalue weighted by atomic mass is 9.80. The minimum atomic E-state index is -0.966. The number of hydrogen-bond acceptors (Lipinski definition) is 8. The Labute approximate surface area is 236 Å². The van der Waals surface area contributed by atoms with Crippen LogP contribution in [0.15, 0.2) is 42.7 Å². The predicted octanol–water partition coefficient (Wildman–Crippen LogP) is 3.30. The van der Waals surface area contributed by atoms with Gasteiger partial charge >= 0.3 is 0 Å². The topological polar surface area (TPSA) is 136 Å². The standard InChI is InChI=1S/C30H30N6O5/c1-41-20-5-7-24(32-14-20)23-15-35(34-27(23)17-2-3-17)19-10-16(11-19)13-31-18-4-6-21-22(12-18)30(40)36(29(21)39)25-8-9-26(37)33-28(25)38/h4-7,12,14-17,19,25,31H,2-3,8-11,13H2,1H3,(H,33,37,38)/t16-,19-,25?. The number of aromatic nitrogens is 3. The van der Waals surface area contributed by atoms with Crippen LogP contribution in [0.3, 0.4) is 0 Å². The highest BCUT2D eigenvalue weighted by Gasteiger charge is 2.44. The van der Waals surface area contributed by atoms with Gasteiger partial charge in [-0.15, -0.1) is 0 Å². The Kier molecular flexibility index (Phi) is 6.09. The van der Waals surface area contributed by atoms with Crippen molar-refractivity contribution in [3.05, 3.63) is 59.5 Å². The molecule has 0 spiro atoms. The van der Waals surface area contributed by atoms with Gasteiger partial charge in [0, 0.05) is 36.3 Å². The largest absolute Gasteiger partial charge is 0.495 e. The third-order valence-electron chi connectivity index (χ3n) is 8.59. The van der Waals surface area contributed by atoms with Crippen molar-refractivity contribution in [3.8, 4) is 17.0 Å². The van der Waals surface area contributed by atoms with Crippen LogP contribution in [0.25, 0.3) is 11.3 Å². The molecule has 11 nitrogen and oxygen atoms in total. The van der Waals surface area contributed by atoms with Crippen LogP contribution in [0.5, 0.6) is 5.75 Å². The molecular formula is C30H30N6O5. The molecule has 1 unspecified atom stereocenters. The summed E-state index contributed by atoms with van der Waals surface area (Å²) >= 11 is 0. The summed E-state index contributed by atoms with van der Waals surface area (Å²) in [7, 11) is 1.63. The van der Waals surface area contributed by atoms with Gasteiger partial charge in [-0.1, -0.05) is 0 Å². The highest BCUT2D eigenvalue weighted by Crippen LogP contribution is 2.45. The minimum Gasteiger partial charge on any atom is -0.495 e. The molecule has 2 aliphatic heterocycles. The van der Waals surface area contributed by atoms with Crippen molar-refractivity contribution >= 4 is 29.3 Å².